The Morgan fingerprint density at radius 2 is 2.50 bits per heavy atom. The van der Waals surface area contributed by atoms with Gasteiger partial charge < -0.3 is 10.4 Å². The number of nitrogens with zero attached hydrogens (tertiary/aromatic N) is 1. The number of hydrogen-bond donors (Lipinski definition) is 2. The molecule has 1 unspecified atom stereocenters. The van der Waals surface area contributed by atoms with Gasteiger partial charge in [0.15, 0.2) is 0 Å². The van der Waals surface area contributed by atoms with E-state index in [-0.39, 0.29) is 6.04 Å². The Bertz CT molecular complexity index is 237. The van der Waals surface area contributed by atoms with Gasteiger partial charge in [-0.15, -0.1) is 0 Å². The van der Waals surface area contributed by atoms with Crippen molar-refractivity contribution in [2.24, 2.45) is 0 Å². The molecule has 2 bridgehead atoms. The molecule has 0 radical (unpaired) electrons. The zero-order valence-electron chi connectivity index (χ0n) is 6.79. The molecule has 1 atom stereocenters. The predicted molar refractivity (Wildman–Crippen MR) is 43.6 cm³/mol. The highest BCUT2D eigenvalue weighted by Crippen LogP contribution is 2.30. The second-order valence-electron chi connectivity index (χ2n) is 3.22. The summed E-state index contributed by atoms with van der Waals surface area (Å²) < 4.78 is 0. The number of carbonyl (C=O) groups is 1. The molecule has 12 heavy (non-hydrogen) atoms. The van der Waals surface area contributed by atoms with Gasteiger partial charge in [-0.2, -0.15) is 0 Å². The number of amides is 1. The number of allylic oxidation sites excluding steroid dienone is 1. The molecule has 4 heteroatoms. The summed E-state index contributed by atoms with van der Waals surface area (Å²) in [6.07, 6.45) is 3.82. The van der Waals surface area contributed by atoms with Gasteiger partial charge in [-0.1, -0.05) is 0 Å². The first kappa shape index (κ1) is 7.46. The molecule has 2 aliphatic heterocycles. The quantitative estimate of drug-likeness (QED) is 0.566. The van der Waals surface area contributed by atoms with E-state index in [2.05, 4.69) is 5.32 Å². The molecule has 4 nitrogen and oxygen atoms in total. The van der Waals surface area contributed by atoms with Crippen molar-refractivity contribution >= 4 is 6.09 Å². The van der Waals surface area contributed by atoms with Gasteiger partial charge >= 0.3 is 6.09 Å². The Hall–Kier alpha value is -1.19. The number of carboxylic acid groups (broad SMARTS) is 1. The smallest absolute Gasteiger partial charge is 0.411 e. The second-order valence-corrected chi connectivity index (χ2v) is 3.22. The fourth-order valence-corrected chi connectivity index (χ4v) is 1.93. The van der Waals surface area contributed by atoms with Crippen LogP contribution < -0.4 is 5.32 Å². The van der Waals surface area contributed by atoms with E-state index in [0.29, 0.717) is 0 Å². The number of fused-ring (bicyclic) bond motifs is 2. The van der Waals surface area contributed by atoms with Crippen LogP contribution in [0.2, 0.25) is 0 Å². The van der Waals surface area contributed by atoms with Crippen molar-refractivity contribution in [3.63, 3.8) is 0 Å². The third-order valence-corrected chi connectivity index (χ3v) is 2.50. The van der Waals surface area contributed by atoms with E-state index < -0.39 is 6.09 Å². The van der Waals surface area contributed by atoms with Crippen LogP contribution in [0.5, 0.6) is 0 Å². The molecule has 0 aromatic heterocycles. The Balaban J connectivity index is 2.26. The van der Waals surface area contributed by atoms with Crippen LogP contribution in [0.15, 0.2) is 11.9 Å². The van der Waals surface area contributed by atoms with Gasteiger partial charge in [0.25, 0.3) is 0 Å². The van der Waals surface area contributed by atoms with E-state index in [1.165, 1.54) is 4.90 Å². The summed E-state index contributed by atoms with van der Waals surface area (Å²) >= 11 is 0. The van der Waals surface area contributed by atoms with Crippen LogP contribution in [0.4, 0.5) is 4.79 Å². The fourth-order valence-electron chi connectivity index (χ4n) is 1.93. The van der Waals surface area contributed by atoms with E-state index in [1.807, 2.05) is 6.20 Å². The van der Waals surface area contributed by atoms with Gasteiger partial charge in [-0.05, 0) is 19.3 Å². The molecule has 2 aliphatic rings. The highest BCUT2D eigenvalue weighted by atomic mass is 16.4. The van der Waals surface area contributed by atoms with Gasteiger partial charge in [0, 0.05) is 24.5 Å². The van der Waals surface area contributed by atoms with Crippen molar-refractivity contribution in [2.45, 2.75) is 25.3 Å². The van der Waals surface area contributed by atoms with E-state index >= 15 is 0 Å². The average Bonchev–Trinajstić information content (AvgIpc) is 2.24. The molecule has 2 rings (SSSR count). The van der Waals surface area contributed by atoms with Crippen molar-refractivity contribution in [1.29, 1.82) is 0 Å². The third kappa shape index (κ3) is 1.03. The highest BCUT2D eigenvalue weighted by molar-refractivity contribution is 5.68. The lowest BCUT2D eigenvalue weighted by molar-refractivity contribution is 0.150. The minimum atomic E-state index is -0.813. The van der Waals surface area contributed by atoms with Crippen molar-refractivity contribution in [2.75, 3.05) is 6.54 Å². The third-order valence-electron chi connectivity index (χ3n) is 2.50. The lowest BCUT2D eigenvalue weighted by Crippen LogP contribution is -2.32. The molecule has 1 saturated heterocycles. The van der Waals surface area contributed by atoms with E-state index in [1.54, 1.807) is 0 Å². The minimum Gasteiger partial charge on any atom is -0.465 e. The predicted octanol–water partition coefficient (Wildman–Crippen LogP) is 0.964. The monoisotopic (exact) mass is 168 g/mol. The first-order valence-electron chi connectivity index (χ1n) is 4.23. The lowest BCUT2D eigenvalue weighted by Gasteiger charge is -2.19. The van der Waals surface area contributed by atoms with Crippen molar-refractivity contribution < 1.29 is 9.90 Å². The summed E-state index contributed by atoms with van der Waals surface area (Å²) in [4.78, 5) is 12.3. The molecule has 0 aliphatic carbocycles. The Labute approximate surface area is 70.9 Å². The summed E-state index contributed by atoms with van der Waals surface area (Å²) in [5.41, 5.74) is 0.921. The Morgan fingerprint density at radius 1 is 1.67 bits per heavy atom. The van der Waals surface area contributed by atoms with Crippen LogP contribution >= 0.6 is 0 Å². The molecule has 66 valence electrons. The minimum absolute atomic E-state index is 0.212. The van der Waals surface area contributed by atoms with E-state index in [4.69, 9.17) is 5.11 Å². The largest absolute Gasteiger partial charge is 0.465 e. The molecule has 1 amide bonds. The molecular weight excluding hydrogens is 156 g/mol. The van der Waals surface area contributed by atoms with E-state index in [0.717, 1.165) is 31.5 Å². The SMILES string of the molecule is O=C(O)N1C2=CNCCC1CC2. The molecule has 2 N–H and O–H groups in total. The molecule has 0 saturated carbocycles. The zero-order chi connectivity index (χ0) is 8.55. The zero-order valence-corrected chi connectivity index (χ0v) is 6.79. The summed E-state index contributed by atoms with van der Waals surface area (Å²) in [6.45, 7) is 0.887. The number of nitrogens with one attached hydrogen (secondary N) is 1. The van der Waals surface area contributed by atoms with Gasteiger partial charge in [0.2, 0.25) is 0 Å². The van der Waals surface area contributed by atoms with Crippen molar-refractivity contribution in [3.8, 4) is 0 Å². The van der Waals surface area contributed by atoms with Crippen LogP contribution in [0.3, 0.4) is 0 Å². The maximum atomic E-state index is 10.8. The molecule has 2 heterocycles. The van der Waals surface area contributed by atoms with Crippen LogP contribution in [-0.2, 0) is 0 Å². The lowest BCUT2D eigenvalue weighted by atomic mass is 10.1. The van der Waals surface area contributed by atoms with E-state index in [9.17, 15) is 4.79 Å². The first-order chi connectivity index (χ1) is 5.79. The van der Waals surface area contributed by atoms with Gasteiger partial charge in [-0.25, -0.2) is 4.79 Å². The molecule has 1 fully saturated rings. The van der Waals surface area contributed by atoms with Crippen molar-refractivity contribution in [3.05, 3.63) is 11.9 Å². The molecule has 0 spiro atoms. The van der Waals surface area contributed by atoms with Gasteiger partial charge in [-0.3, -0.25) is 4.90 Å². The second kappa shape index (κ2) is 2.69. The summed E-state index contributed by atoms with van der Waals surface area (Å²) in [7, 11) is 0. The molecule has 0 aromatic carbocycles. The van der Waals surface area contributed by atoms with Gasteiger partial charge in [0.05, 0.1) is 0 Å². The topological polar surface area (TPSA) is 52.6 Å². The summed E-state index contributed by atoms with van der Waals surface area (Å²) in [5, 5.41) is 12.0. The van der Waals surface area contributed by atoms with Crippen LogP contribution in [0.1, 0.15) is 19.3 Å². The maximum absolute atomic E-state index is 10.8. The standard InChI is InChI=1S/C8H12N2O2/c11-8(12)10-6-1-2-7(10)5-9-4-3-6/h5-6,9H,1-4H2,(H,11,12). The molecule has 0 aromatic rings. The van der Waals surface area contributed by atoms with Crippen LogP contribution in [0.25, 0.3) is 0 Å². The maximum Gasteiger partial charge on any atom is 0.411 e. The Kier molecular flexibility index (Phi) is 1.67. The summed E-state index contributed by atoms with van der Waals surface area (Å²) in [5.74, 6) is 0. The normalized spacial score (nSPS) is 27.5. The number of rotatable bonds is 0. The van der Waals surface area contributed by atoms with Crippen LogP contribution in [-0.4, -0.2) is 28.7 Å². The van der Waals surface area contributed by atoms with Crippen LogP contribution in [0, 0.1) is 0 Å². The van der Waals surface area contributed by atoms with Crippen molar-refractivity contribution in [1.82, 2.24) is 10.2 Å². The average molecular weight is 168 g/mol. The Morgan fingerprint density at radius 3 is 3.25 bits per heavy atom. The fraction of sp³-hybridized carbons (Fsp3) is 0.625. The van der Waals surface area contributed by atoms with Gasteiger partial charge in [0.1, 0.15) is 0 Å². The number of hydrogen-bond acceptors (Lipinski definition) is 2. The summed E-state index contributed by atoms with van der Waals surface area (Å²) in [6, 6.07) is 0.212. The molecular formula is C8H12N2O2. The first-order valence-corrected chi connectivity index (χ1v) is 4.23. The highest BCUT2D eigenvalue weighted by Gasteiger charge is 2.33.